The monoisotopic (exact) mass is 578 g/mol. The number of pyridine rings is 1. The molecule has 5 nitrogen and oxygen atoms in total. The Labute approximate surface area is 251 Å². The van der Waals surface area contributed by atoms with E-state index in [1.807, 2.05) is 66.9 Å². The Morgan fingerprint density at radius 2 is 1.56 bits per heavy atom. The fourth-order valence-electron chi connectivity index (χ4n) is 5.65. The lowest BCUT2D eigenvalue weighted by Crippen LogP contribution is -2.29. The van der Waals surface area contributed by atoms with Gasteiger partial charge in [0.05, 0.1) is 17.8 Å². The summed E-state index contributed by atoms with van der Waals surface area (Å²) in [6, 6.07) is 30.2. The molecule has 0 radical (unpaired) electrons. The van der Waals surface area contributed by atoms with Gasteiger partial charge >= 0.3 is 0 Å². The third-order valence-electron chi connectivity index (χ3n) is 7.67. The number of hydrogen-bond acceptors (Lipinski definition) is 3. The van der Waals surface area contributed by atoms with Gasteiger partial charge in [0.25, 0.3) is 0 Å². The van der Waals surface area contributed by atoms with Crippen molar-refractivity contribution < 1.29 is 4.74 Å². The van der Waals surface area contributed by atoms with E-state index in [9.17, 15) is 0 Å². The first-order chi connectivity index (χ1) is 19.8. The lowest BCUT2D eigenvalue weighted by atomic mass is 9.96. The molecule has 3 heterocycles. The van der Waals surface area contributed by atoms with E-state index >= 15 is 0 Å². The standard InChI is InChI=1S/C34H31ClN4OS/c1-21-8-14-27(15-9-21)40-28-16-12-26(13-17-28)39-33(32(37-34(39)41)30-7-5-6-18-36-30)29-19-23(3)38(24(29)4)31-20-25(35)11-10-22(31)2/h5-20,32-33H,1-4H3,(H,37,41)/t32-,33+/m1/s1. The molecule has 0 aliphatic carbocycles. The molecule has 1 fully saturated rings. The normalized spacial score (nSPS) is 16.6. The van der Waals surface area contributed by atoms with Gasteiger partial charge in [-0.3, -0.25) is 4.98 Å². The number of nitrogens with zero attached hydrogens (tertiary/aromatic N) is 3. The summed E-state index contributed by atoms with van der Waals surface area (Å²) in [5.41, 5.74) is 8.77. The quantitative estimate of drug-likeness (QED) is 0.204. The van der Waals surface area contributed by atoms with E-state index in [1.165, 1.54) is 11.1 Å². The first kappa shape index (κ1) is 27.1. The summed E-state index contributed by atoms with van der Waals surface area (Å²) < 4.78 is 8.38. The molecule has 2 aromatic heterocycles. The van der Waals surface area contributed by atoms with Crippen molar-refractivity contribution in [2.24, 2.45) is 0 Å². The summed E-state index contributed by atoms with van der Waals surface area (Å²) in [6.45, 7) is 8.47. The van der Waals surface area contributed by atoms with E-state index in [0.29, 0.717) is 10.1 Å². The van der Waals surface area contributed by atoms with E-state index in [0.717, 1.165) is 45.5 Å². The molecule has 6 rings (SSSR count). The Morgan fingerprint density at radius 3 is 2.24 bits per heavy atom. The van der Waals surface area contributed by atoms with Gasteiger partial charge in [0.2, 0.25) is 0 Å². The maximum atomic E-state index is 6.43. The van der Waals surface area contributed by atoms with E-state index in [4.69, 9.17) is 33.5 Å². The first-order valence-electron chi connectivity index (χ1n) is 13.6. The van der Waals surface area contributed by atoms with Gasteiger partial charge in [-0.1, -0.05) is 41.4 Å². The van der Waals surface area contributed by atoms with Crippen LogP contribution in [0.1, 0.15) is 45.9 Å². The Hall–Kier alpha value is -4.13. The summed E-state index contributed by atoms with van der Waals surface area (Å²) in [7, 11) is 0. The van der Waals surface area contributed by atoms with Gasteiger partial charge in [0.1, 0.15) is 11.5 Å². The second-order valence-electron chi connectivity index (χ2n) is 10.5. The predicted octanol–water partition coefficient (Wildman–Crippen LogP) is 8.73. The molecule has 5 aromatic rings. The van der Waals surface area contributed by atoms with Crippen molar-refractivity contribution >= 4 is 34.6 Å². The molecule has 0 amide bonds. The van der Waals surface area contributed by atoms with Crippen LogP contribution in [-0.4, -0.2) is 14.7 Å². The SMILES string of the molecule is Cc1ccc(Oc2ccc(N3C(=S)N[C@H](c4ccccn4)[C@@H]3c3cc(C)n(-c4cc(Cl)ccc4C)c3C)cc2)cc1. The van der Waals surface area contributed by atoms with Crippen molar-refractivity contribution in [1.82, 2.24) is 14.9 Å². The minimum Gasteiger partial charge on any atom is -0.457 e. The van der Waals surface area contributed by atoms with Crippen LogP contribution in [-0.2, 0) is 0 Å². The number of ether oxygens (including phenoxy) is 1. The lowest BCUT2D eigenvalue weighted by Gasteiger charge is -2.28. The number of aryl methyl sites for hydroxylation is 3. The summed E-state index contributed by atoms with van der Waals surface area (Å²) in [5.74, 6) is 1.57. The van der Waals surface area contributed by atoms with Crippen molar-refractivity contribution in [3.63, 3.8) is 0 Å². The zero-order valence-electron chi connectivity index (χ0n) is 23.4. The van der Waals surface area contributed by atoms with Gasteiger partial charge in [0.15, 0.2) is 5.11 Å². The van der Waals surface area contributed by atoms with E-state index in [-0.39, 0.29) is 12.1 Å². The number of nitrogens with one attached hydrogen (secondary N) is 1. The number of aromatic nitrogens is 2. The van der Waals surface area contributed by atoms with Crippen molar-refractivity contribution in [2.45, 2.75) is 39.8 Å². The number of rotatable bonds is 6. The fraction of sp³-hybridized carbons (Fsp3) is 0.176. The van der Waals surface area contributed by atoms with Crippen molar-refractivity contribution in [3.8, 4) is 17.2 Å². The highest BCUT2D eigenvalue weighted by Crippen LogP contribution is 2.44. The highest BCUT2D eigenvalue weighted by atomic mass is 35.5. The van der Waals surface area contributed by atoms with Crippen LogP contribution >= 0.6 is 23.8 Å². The molecule has 1 aliphatic rings. The molecule has 0 unspecified atom stereocenters. The van der Waals surface area contributed by atoms with Crippen LogP contribution in [0.15, 0.2) is 97.2 Å². The van der Waals surface area contributed by atoms with Crippen molar-refractivity contribution in [1.29, 1.82) is 0 Å². The second-order valence-corrected chi connectivity index (χ2v) is 11.3. The second kappa shape index (κ2) is 11.0. The molecule has 41 heavy (non-hydrogen) atoms. The van der Waals surface area contributed by atoms with Gasteiger partial charge in [-0.2, -0.15) is 0 Å². The smallest absolute Gasteiger partial charge is 0.174 e. The summed E-state index contributed by atoms with van der Waals surface area (Å²) >= 11 is 12.4. The van der Waals surface area contributed by atoms with Crippen LogP contribution in [0, 0.1) is 27.7 Å². The molecule has 1 aliphatic heterocycles. The third kappa shape index (κ3) is 5.21. The average molecular weight is 579 g/mol. The number of hydrogen-bond donors (Lipinski definition) is 1. The summed E-state index contributed by atoms with van der Waals surface area (Å²) in [6.07, 6.45) is 1.83. The maximum Gasteiger partial charge on any atom is 0.174 e. The summed E-state index contributed by atoms with van der Waals surface area (Å²) in [5, 5.41) is 4.94. The molecule has 0 bridgehead atoms. The number of halogens is 1. The van der Waals surface area contributed by atoms with Crippen LogP contribution in [0.5, 0.6) is 11.5 Å². The minimum atomic E-state index is -0.137. The zero-order valence-corrected chi connectivity index (χ0v) is 25.0. The zero-order chi connectivity index (χ0) is 28.7. The van der Waals surface area contributed by atoms with E-state index in [1.54, 1.807) is 0 Å². The minimum absolute atomic E-state index is 0.124. The van der Waals surface area contributed by atoms with Gasteiger partial charge < -0.3 is 19.5 Å². The Kier molecular flexibility index (Phi) is 7.28. The van der Waals surface area contributed by atoms with Gasteiger partial charge in [-0.25, -0.2) is 0 Å². The van der Waals surface area contributed by atoms with Crippen LogP contribution in [0.4, 0.5) is 5.69 Å². The van der Waals surface area contributed by atoms with Crippen molar-refractivity contribution in [2.75, 3.05) is 4.90 Å². The molecule has 7 heteroatoms. The van der Waals surface area contributed by atoms with Gasteiger partial charge in [-0.15, -0.1) is 0 Å². The molecular formula is C34H31ClN4OS. The average Bonchev–Trinajstić information content (AvgIpc) is 3.47. The van der Waals surface area contributed by atoms with Gasteiger partial charge in [-0.05, 0) is 118 Å². The predicted molar refractivity (Wildman–Crippen MR) is 171 cm³/mol. The largest absolute Gasteiger partial charge is 0.457 e. The summed E-state index contributed by atoms with van der Waals surface area (Å²) in [4.78, 5) is 6.91. The Bertz CT molecular complexity index is 1710. The highest BCUT2D eigenvalue weighted by Gasteiger charge is 2.42. The first-order valence-corrected chi connectivity index (χ1v) is 14.4. The molecule has 2 atom stereocenters. The number of anilines is 1. The molecule has 0 saturated carbocycles. The van der Waals surface area contributed by atoms with Crippen LogP contribution in [0.3, 0.4) is 0 Å². The van der Waals surface area contributed by atoms with Crippen LogP contribution < -0.4 is 15.0 Å². The van der Waals surface area contributed by atoms with E-state index in [2.05, 4.69) is 72.8 Å². The third-order valence-corrected chi connectivity index (χ3v) is 8.22. The Morgan fingerprint density at radius 1 is 0.854 bits per heavy atom. The molecule has 1 N–H and O–H groups in total. The highest BCUT2D eigenvalue weighted by molar-refractivity contribution is 7.80. The molecular weight excluding hydrogens is 548 g/mol. The molecule has 3 aromatic carbocycles. The van der Waals surface area contributed by atoms with Crippen molar-refractivity contribution in [3.05, 3.63) is 136 Å². The van der Waals surface area contributed by atoms with Crippen LogP contribution in [0.25, 0.3) is 5.69 Å². The van der Waals surface area contributed by atoms with Crippen LogP contribution in [0.2, 0.25) is 5.02 Å². The number of thiocarbonyl (C=S) groups is 1. The Balaban J connectivity index is 1.42. The van der Waals surface area contributed by atoms with Gasteiger partial charge in [0, 0.05) is 34.0 Å². The maximum absolute atomic E-state index is 6.43. The number of benzene rings is 3. The molecule has 1 saturated heterocycles. The fourth-order valence-corrected chi connectivity index (χ4v) is 6.16. The molecule has 206 valence electrons. The lowest BCUT2D eigenvalue weighted by molar-refractivity contribution is 0.482. The topological polar surface area (TPSA) is 42.3 Å². The molecule has 0 spiro atoms. The van der Waals surface area contributed by atoms with E-state index < -0.39 is 0 Å².